The number of nitrogens with zero attached hydrogens (tertiary/aromatic N) is 1. The first-order valence-corrected chi connectivity index (χ1v) is 8.66. The van der Waals surface area contributed by atoms with Gasteiger partial charge in [-0.1, -0.05) is 60.7 Å². The number of amides is 3. The van der Waals surface area contributed by atoms with Crippen molar-refractivity contribution in [3.63, 3.8) is 0 Å². The molecule has 1 unspecified atom stereocenters. The Morgan fingerprint density at radius 2 is 1.59 bits per heavy atom. The van der Waals surface area contributed by atoms with Crippen LogP contribution in [0.25, 0.3) is 0 Å². The molecule has 0 aliphatic rings. The molecule has 0 aliphatic heterocycles. The molecule has 0 saturated heterocycles. The van der Waals surface area contributed by atoms with Crippen molar-refractivity contribution in [1.82, 2.24) is 15.5 Å². The van der Waals surface area contributed by atoms with E-state index in [1.807, 2.05) is 60.7 Å². The van der Waals surface area contributed by atoms with Crippen LogP contribution in [0.5, 0.6) is 0 Å². The number of carbonyl (C=O) groups is 2. The Kier molecular flexibility index (Phi) is 9.93. The highest BCUT2D eigenvalue weighted by atomic mass is 35.5. The summed E-state index contributed by atoms with van der Waals surface area (Å²) in [5, 5.41) is 5.54. The lowest BCUT2D eigenvalue weighted by molar-refractivity contribution is -0.121. The molecule has 0 bridgehead atoms. The van der Waals surface area contributed by atoms with Crippen molar-refractivity contribution in [3.8, 4) is 0 Å². The zero-order valence-electron chi connectivity index (χ0n) is 15.4. The van der Waals surface area contributed by atoms with E-state index in [2.05, 4.69) is 10.6 Å². The molecule has 27 heavy (non-hydrogen) atoms. The highest BCUT2D eigenvalue weighted by Gasteiger charge is 2.10. The molecule has 2 aromatic rings. The third-order valence-corrected chi connectivity index (χ3v) is 3.98. The zero-order chi connectivity index (χ0) is 18.8. The third-order valence-electron chi connectivity index (χ3n) is 3.98. The van der Waals surface area contributed by atoms with Gasteiger partial charge in [0.2, 0.25) is 5.91 Å². The molecule has 6 nitrogen and oxygen atoms in total. The second-order valence-corrected chi connectivity index (χ2v) is 6.14. The van der Waals surface area contributed by atoms with E-state index in [0.717, 1.165) is 11.1 Å². The van der Waals surface area contributed by atoms with Crippen LogP contribution in [0.1, 0.15) is 23.6 Å². The molecule has 0 heterocycles. The van der Waals surface area contributed by atoms with Crippen LogP contribution in [-0.2, 0) is 11.3 Å². The Hall–Kier alpha value is -2.57. The molecule has 0 radical (unpaired) electrons. The lowest BCUT2D eigenvalue weighted by Gasteiger charge is -2.18. The van der Waals surface area contributed by atoms with E-state index in [1.165, 1.54) is 0 Å². The topological polar surface area (TPSA) is 87.5 Å². The third kappa shape index (κ3) is 8.11. The number of hydrogen-bond acceptors (Lipinski definition) is 3. The van der Waals surface area contributed by atoms with Gasteiger partial charge in [0.1, 0.15) is 0 Å². The summed E-state index contributed by atoms with van der Waals surface area (Å²) in [6, 6.07) is 18.9. The number of urea groups is 1. The van der Waals surface area contributed by atoms with Gasteiger partial charge in [0.05, 0.1) is 0 Å². The van der Waals surface area contributed by atoms with Gasteiger partial charge in [-0.2, -0.15) is 0 Å². The summed E-state index contributed by atoms with van der Waals surface area (Å²) in [5.41, 5.74) is 8.07. The molecular formula is C20H27ClN4O2. The minimum atomic E-state index is -0.244. The van der Waals surface area contributed by atoms with E-state index in [9.17, 15) is 9.59 Å². The van der Waals surface area contributed by atoms with E-state index < -0.39 is 0 Å². The van der Waals surface area contributed by atoms with E-state index in [0.29, 0.717) is 13.1 Å². The first-order chi connectivity index (χ1) is 12.6. The minimum Gasteiger partial charge on any atom is -0.354 e. The average Bonchev–Trinajstić information content (AvgIpc) is 2.67. The largest absolute Gasteiger partial charge is 0.354 e. The monoisotopic (exact) mass is 390 g/mol. The molecule has 3 amide bonds. The van der Waals surface area contributed by atoms with Gasteiger partial charge in [-0.3, -0.25) is 4.79 Å². The van der Waals surface area contributed by atoms with E-state index >= 15 is 0 Å². The van der Waals surface area contributed by atoms with Crippen LogP contribution in [0, 0.1) is 0 Å². The summed E-state index contributed by atoms with van der Waals surface area (Å²) in [6.07, 6.45) is 0.215. The van der Waals surface area contributed by atoms with E-state index in [-0.39, 0.29) is 43.4 Å². The van der Waals surface area contributed by atoms with Crippen LogP contribution in [0.3, 0.4) is 0 Å². The number of nitrogens with one attached hydrogen (secondary N) is 2. The quantitative estimate of drug-likeness (QED) is 0.647. The number of halogens is 1. The normalized spacial score (nSPS) is 11.0. The minimum absolute atomic E-state index is 0. The molecule has 0 spiro atoms. The van der Waals surface area contributed by atoms with Gasteiger partial charge in [-0.15, -0.1) is 12.4 Å². The molecule has 0 aliphatic carbocycles. The summed E-state index contributed by atoms with van der Waals surface area (Å²) in [5.74, 6) is -0.137. The Balaban J connectivity index is 0.00000364. The highest BCUT2D eigenvalue weighted by molar-refractivity contribution is 5.85. The van der Waals surface area contributed by atoms with Crippen LogP contribution < -0.4 is 16.4 Å². The van der Waals surface area contributed by atoms with Crippen molar-refractivity contribution >= 4 is 24.3 Å². The van der Waals surface area contributed by atoms with E-state index in [1.54, 1.807) is 11.9 Å². The van der Waals surface area contributed by atoms with Crippen LogP contribution in [0.15, 0.2) is 60.7 Å². The molecule has 0 aromatic heterocycles. The Labute approximate surface area is 166 Å². The van der Waals surface area contributed by atoms with E-state index in [4.69, 9.17) is 5.73 Å². The summed E-state index contributed by atoms with van der Waals surface area (Å²) in [6.45, 7) is 1.17. The maximum absolute atomic E-state index is 12.0. The van der Waals surface area contributed by atoms with Crippen molar-refractivity contribution in [2.24, 2.45) is 5.73 Å². The van der Waals surface area contributed by atoms with Crippen LogP contribution >= 0.6 is 12.4 Å². The van der Waals surface area contributed by atoms with Crippen molar-refractivity contribution < 1.29 is 9.59 Å². The zero-order valence-corrected chi connectivity index (χ0v) is 16.2. The number of nitrogens with two attached hydrogens (primary N) is 1. The second-order valence-electron chi connectivity index (χ2n) is 6.14. The molecule has 1 atom stereocenters. The first-order valence-electron chi connectivity index (χ1n) is 8.66. The summed E-state index contributed by atoms with van der Waals surface area (Å²) in [7, 11) is 1.72. The first kappa shape index (κ1) is 22.5. The maximum atomic E-state index is 12.0. The Morgan fingerprint density at radius 3 is 2.22 bits per heavy atom. The number of benzene rings is 2. The fraction of sp³-hybridized carbons (Fsp3) is 0.300. The molecule has 2 aromatic carbocycles. The van der Waals surface area contributed by atoms with Gasteiger partial charge in [0.15, 0.2) is 0 Å². The smallest absolute Gasteiger partial charge is 0.317 e. The molecule has 7 heteroatoms. The van der Waals surface area contributed by atoms with Crippen LogP contribution in [0.4, 0.5) is 4.79 Å². The molecule has 4 N–H and O–H groups in total. The highest BCUT2D eigenvalue weighted by Crippen LogP contribution is 2.07. The lowest BCUT2D eigenvalue weighted by atomic mass is 10.1. The maximum Gasteiger partial charge on any atom is 0.317 e. The molecule has 2 rings (SSSR count). The standard InChI is InChI=1S/C20H26N4O2.ClH/c1-24(15-16-8-4-2-5-9-16)20(26)22-13-12-19(25)23-14-18(21)17-10-6-3-7-11-17;/h2-11,18H,12-15,21H2,1H3,(H,22,26)(H,23,25);1H. The van der Waals surface area contributed by atoms with Gasteiger partial charge in [0.25, 0.3) is 0 Å². The van der Waals surface area contributed by atoms with Crippen molar-refractivity contribution in [1.29, 1.82) is 0 Å². The predicted octanol–water partition coefficient (Wildman–Crippen LogP) is 2.46. The fourth-order valence-electron chi connectivity index (χ4n) is 2.48. The summed E-state index contributed by atoms with van der Waals surface area (Å²) < 4.78 is 0. The molecule has 0 saturated carbocycles. The molecular weight excluding hydrogens is 364 g/mol. The Bertz CT molecular complexity index is 698. The van der Waals surface area contributed by atoms with Gasteiger partial charge in [-0.25, -0.2) is 4.79 Å². The van der Waals surface area contributed by atoms with Gasteiger partial charge in [-0.05, 0) is 11.1 Å². The van der Waals surface area contributed by atoms with Gasteiger partial charge in [0, 0.05) is 39.1 Å². The van der Waals surface area contributed by atoms with Gasteiger partial charge < -0.3 is 21.3 Å². The number of carbonyl (C=O) groups excluding carboxylic acids is 2. The van der Waals surface area contributed by atoms with Gasteiger partial charge >= 0.3 is 6.03 Å². The molecule has 146 valence electrons. The average molecular weight is 391 g/mol. The van der Waals surface area contributed by atoms with Crippen molar-refractivity contribution in [3.05, 3.63) is 71.8 Å². The lowest BCUT2D eigenvalue weighted by Crippen LogP contribution is -2.39. The van der Waals surface area contributed by atoms with Crippen molar-refractivity contribution in [2.75, 3.05) is 20.1 Å². The molecule has 0 fully saturated rings. The summed E-state index contributed by atoms with van der Waals surface area (Å²) >= 11 is 0. The van der Waals surface area contributed by atoms with Crippen molar-refractivity contribution in [2.45, 2.75) is 19.0 Å². The second kappa shape index (κ2) is 11.9. The van der Waals surface area contributed by atoms with Crippen LogP contribution in [-0.4, -0.2) is 37.0 Å². The van der Waals surface area contributed by atoms with Crippen LogP contribution in [0.2, 0.25) is 0 Å². The number of hydrogen-bond donors (Lipinski definition) is 3. The SMILES string of the molecule is CN(Cc1ccccc1)C(=O)NCCC(=O)NCC(N)c1ccccc1.Cl. The number of rotatable bonds is 8. The summed E-state index contributed by atoms with van der Waals surface area (Å²) in [4.78, 5) is 25.5. The fourth-order valence-corrected chi connectivity index (χ4v) is 2.48. The predicted molar refractivity (Wildman–Crippen MR) is 110 cm³/mol. The Morgan fingerprint density at radius 1 is 1.00 bits per heavy atom.